The average molecular weight is 523 g/mol. The number of aromatic nitrogens is 3. The third-order valence-corrected chi connectivity index (χ3v) is 4.02. The molecule has 0 atom stereocenters. The Morgan fingerprint density at radius 2 is 0.853 bits per heavy atom. The number of hydrogen-bond donors (Lipinski definition) is 0. The van der Waals surface area contributed by atoms with Crippen LogP contribution in [0.4, 0.5) is 61.5 Å². The molecule has 0 saturated heterocycles. The minimum Gasteiger partial charge on any atom is -0.424 e. The van der Waals surface area contributed by atoms with Crippen molar-refractivity contribution in [1.29, 1.82) is 0 Å². The van der Waals surface area contributed by atoms with Crippen molar-refractivity contribution in [2.45, 2.75) is 43.0 Å². The molecule has 0 spiro atoms. The van der Waals surface area contributed by atoms with Crippen molar-refractivity contribution in [2.75, 3.05) is 0 Å². The summed E-state index contributed by atoms with van der Waals surface area (Å²) in [7, 11) is 0. The quantitative estimate of drug-likeness (QED) is 0.427. The van der Waals surface area contributed by atoms with Crippen LogP contribution in [0.5, 0.6) is 11.8 Å². The molecule has 2 aromatic rings. The summed E-state index contributed by atoms with van der Waals surface area (Å²) in [4.78, 5) is 6.21. The number of alkyl halides is 14. The third-order valence-electron chi connectivity index (χ3n) is 4.02. The van der Waals surface area contributed by atoms with Crippen LogP contribution in [0.15, 0.2) is 24.3 Å². The molecule has 0 aliphatic rings. The van der Waals surface area contributed by atoms with Gasteiger partial charge in [0.2, 0.25) is 0 Å². The largest absolute Gasteiger partial charge is 0.439 e. The Bertz CT molecular complexity index is 939. The summed E-state index contributed by atoms with van der Waals surface area (Å²) in [5.74, 6) is -7.37. The normalized spacial score (nSPS) is 14.3. The van der Waals surface area contributed by atoms with Gasteiger partial charge in [-0.25, -0.2) is 13.8 Å². The highest BCUT2D eigenvalue weighted by Crippen LogP contribution is 2.55. The Labute approximate surface area is 178 Å². The van der Waals surface area contributed by atoms with Crippen molar-refractivity contribution in [2.24, 2.45) is 0 Å². The maximum atomic E-state index is 14.3. The number of nitrogens with zero attached hydrogens (tertiary/aromatic N) is 3. The fourth-order valence-electron chi connectivity index (χ4n) is 2.25. The number of rotatable bonds is 4. The standard InChI is InChI=1S/C16H7F14N3O/c1-6-2-4-7(5-3-6)34-10-32-8(11(17,13(19,20)21)14(22,23)24)31-9(33-10)12(18,15(25,26)27)16(28,29)30/h2-5H,1H3. The summed E-state index contributed by atoms with van der Waals surface area (Å²) < 4.78 is 189. The molecule has 4 nitrogen and oxygen atoms in total. The second kappa shape index (κ2) is 8.07. The van der Waals surface area contributed by atoms with E-state index in [1.54, 1.807) is 4.98 Å². The van der Waals surface area contributed by atoms with Gasteiger partial charge >= 0.3 is 42.1 Å². The van der Waals surface area contributed by atoms with Crippen LogP contribution >= 0.6 is 0 Å². The van der Waals surface area contributed by atoms with Crippen LogP contribution in [0.25, 0.3) is 0 Å². The van der Waals surface area contributed by atoms with Crippen molar-refractivity contribution in [3.63, 3.8) is 0 Å². The van der Waals surface area contributed by atoms with Gasteiger partial charge in [-0.05, 0) is 19.1 Å². The minimum absolute atomic E-state index is 0.471. The number of halogens is 14. The SMILES string of the molecule is Cc1ccc(Oc2nc(C(F)(C(F)(F)F)C(F)(F)F)nc(C(F)(C(F)(F)F)C(F)(F)F)n2)cc1. The third kappa shape index (κ3) is 4.53. The zero-order chi connectivity index (χ0) is 26.5. The monoisotopic (exact) mass is 523 g/mol. The van der Waals surface area contributed by atoms with E-state index >= 15 is 0 Å². The molecule has 0 unspecified atom stereocenters. The molecular formula is C16H7F14N3O. The van der Waals surface area contributed by atoms with Crippen LogP contribution in [0.1, 0.15) is 17.2 Å². The van der Waals surface area contributed by atoms with E-state index in [1.807, 2.05) is 0 Å². The highest BCUT2D eigenvalue weighted by atomic mass is 19.4. The van der Waals surface area contributed by atoms with Gasteiger partial charge in [0.25, 0.3) is 0 Å². The van der Waals surface area contributed by atoms with Crippen LogP contribution in [0.2, 0.25) is 0 Å². The minimum atomic E-state index is -7.07. The first-order valence-electron chi connectivity index (χ1n) is 8.22. The smallest absolute Gasteiger partial charge is 0.424 e. The zero-order valence-electron chi connectivity index (χ0n) is 15.9. The van der Waals surface area contributed by atoms with E-state index in [0.29, 0.717) is 5.56 Å². The number of ether oxygens (including phenoxy) is 1. The number of benzene rings is 1. The average Bonchev–Trinajstić information content (AvgIpc) is 2.64. The Morgan fingerprint density at radius 1 is 0.529 bits per heavy atom. The lowest BCUT2D eigenvalue weighted by Gasteiger charge is -2.31. The van der Waals surface area contributed by atoms with Gasteiger partial charge in [-0.1, -0.05) is 17.7 Å². The summed E-state index contributed by atoms with van der Waals surface area (Å²) >= 11 is 0. The molecule has 1 aromatic heterocycles. The van der Waals surface area contributed by atoms with E-state index in [9.17, 15) is 61.5 Å². The molecule has 0 bridgehead atoms. The fourth-order valence-corrected chi connectivity index (χ4v) is 2.25. The first-order chi connectivity index (χ1) is 15.1. The molecule has 0 radical (unpaired) electrons. The van der Waals surface area contributed by atoms with Crippen LogP contribution in [0.3, 0.4) is 0 Å². The Morgan fingerprint density at radius 3 is 1.15 bits per heavy atom. The maximum Gasteiger partial charge on any atom is 0.439 e. The highest BCUT2D eigenvalue weighted by molar-refractivity contribution is 5.29. The Hall–Kier alpha value is -2.95. The second-order valence-corrected chi connectivity index (χ2v) is 6.49. The van der Waals surface area contributed by atoms with Gasteiger partial charge < -0.3 is 4.74 Å². The van der Waals surface area contributed by atoms with Crippen molar-refractivity contribution < 1.29 is 66.2 Å². The predicted molar refractivity (Wildman–Crippen MR) is 80.9 cm³/mol. The van der Waals surface area contributed by atoms with Crippen LogP contribution in [-0.2, 0) is 11.3 Å². The zero-order valence-corrected chi connectivity index (χ0v) is 15.9. The van der Waals surface area contributed by atoms with E-state index < -0.39 is 59.5 Å². The summed E-state index contributed by atoms with van der Waals surface area (Å²) in [5, 5.41) is 0. The Balaban J connectivity index is 2.93. The Kier molecular flexibility index (Phi) is 6.48. The van der Waals surface area contributed by atoms with E-state index in [1.165, 1.54) is 19.1 Å². The lowest BCUT2D eigenvalue weighted by Crippen LogP contribution is -2.54. The maximum absolute atomic E-state index is 14.3. The molecule has 0 fully saturated rings. The second-order valence-electron chi connectivity index (χ2n) is 6.49. The predicted octanol–water partition coefficient (Wildman–Crippen LogP) is 6.55. The molecular weight excluding hydrogens is 516 g/mol. The summed E-state index contributed by atoms with van der Waals surface area (Å²) in [5.41, 5.74) is -13.0. The van der Waals surface area contributed by atoms with E-state index in [-0.39, 0.29) is 0 Å². The van der Waals surface area contributed by atoms with E-state index in [2.05, 4.69) is 14.7 Å². The van der Waals surface area contributed by atoms with E-state index in [4.69, 9.17) is 0 Å². The fraction of sp³-hybridized carbons (Fsp3) is 0.438. The van der Waals surface area contributed by atoms with Crippen molar-refractivity contribution in [1.82, 2.24) is 15.0 Å². The molecule has 0 N–H and O–H groups in total. The van der Waals surface area contributed by atoms with Crippen LogP contribution in [0, 0.1) is 6.92 Å². The van der Waals surface area contributed by atoms with Gasteiger partial charge in [0, 0.05) is 0 Å². The van der Waals surface area contributed by atoms with Crippen molar-refractivity contribution in [3.05, 3.63) is 41.5 Å². The van der Waals surface area contributed by atoms with Gasteiger partial charge in [-0.3, -0.25) is 0 Å². The van der Waals surface area contributed by atoms with Gasteiger partial charge in [-0.2, -0.15) is 62.7 Å². The summed E-state index contributed by atoms with van der Waals surface area (Å²) in [6.45, 7) is 1.47. The van der Waals surface area contributed by atoms with Crippen molar-refractivity contribution in [3.8, 4) is 11.8 Å². The van der Waals surface area contributed by atoms with Gasteiger partial charge in [-0.15, -0.1) is 0 Å². The molecule has 0 aliphatic heterocycles. The van der Waals surface area contributed by atoms with Gasteiger partial charge in [0.05, 0.1) is 0 Å². The summed E-state index contributed by atoms with van der Waals surface area (Å²) in [6.07, 6.45) is -28.3. The molecule has 0 aliphatic carbocycles. The molecule has 0 amide bonds. The molecule has 1 heterocycles. The molecule has 1 aromatic carbocycles. The molecule has 0 saturated carbocycles. The first-order valence-corrected chi connectivity index (χ1v) is 8.22. The topological polar surface area (TPSA) is 47.9 Å². The van der Waals surface area contributed by atoms with E-state index in [0.717, 1.165) is 12.1 Å². The molecule has 2 rings (SSSR count). The highest BCUT2D eigenvalue weighted by Gasteiger charge is 2.78. The number of aryl methyl sites for hydroxylation is 1. The van der Waals surface area contributed by atoms with Crippen LogP contribution < -0.4 is 4.74 Å². The van der Waals surface area contributed by atoms with Crippen LogP contribution in [-0.4, -0.2) is 39.7 Å². The first kappa shape index (κ1) is 27.3. The molecule has 18 heteroatoms. The van der Waals surface area contributed by atoms with Gasteiger partial charge in [0.15, 0.2) is 11.6 Å². The molecule has 34 heavy (non-hydrogen) atoms. The number of hydrogen-bond acceptors (Lipinski definition) is 4. The lowest BCUT2D eigenvalue weighted by molar-refractivity contribution is -0.354. The van der Waals surface area contributed by atoms with Gasteiger partial charge in [0.1, 0.15) is 5.75 Å². The summed E-state index contributed by atoms with van der Waals surface area (Å²) in [6, 6.07) is 2.02. The lowest BCUT2D eigenvalue weighted by atomic mass is 10.0. The van der Waals surface area contributed by atoms with Crippen molar-refractivity contribution >= 4 is 0 Å². The molecule has 190 valence electrons.